The van der Waals surface area contributed by atoms with Gasteiger partial charge in [0, 0.05) is 10.9 Å². The smallest absolute Gasteiger partial charge is 0.375 e. The number of ether oxygens (including phenoxy) is 1. The van der Waals surface area contributed by atoms with Crippen LogP contribution in [0.4, 0.5) is 4.79 Å². The predicted octanol–water partition coefficient (Wildman–Crippen LogP) is 3.17. The Bertz CT molecular complexity index is 993. The molecule has 0 aliphatic carbocycles. The monoisotopic (exact) mass is 390 g/mol. The maximum Gasteiger partial charge on any atom is 0.375 e. The molecule has 9 heteroatoms. The molecule has 0 aliphatic heterocycles. The normalized spacial score (nSPS) is 10.6. The second-order valence-electron chi connectivity index (χ2n) is 5.56. The van der Waals surface area contributed by atoms with Crippen LogP contribution in [0.2, 0.25) is 5.02 Å². The minimum absolute atomic E-state index is 0.0480. The van der Waals surface area contributed by atoms with Crippen molar-refractivity contribution in [3.05, 3.63) is 58.7 Å². The number of nitrogens with one attached hydrogen (secondary N) is 2. The number of halogens is 1. The van der Waals surface area contributed by atoms with E-state index in [0.717, 1.165) is 0 Å². The average molecular weight is 391 g/mol. The van der Waals surface area contributed by atoms with Crippen molar-refractivity contribution in [3.8, 4) is 0 Å². The van der Waals surface area contributed by atoms with E-state index in [1.807, 2.05) is 5.32 Å². The molecular weight excluding hydrogens is 376 g/mol. The second kappa shape index (κ2) is 7.96. The van der Waals surface area contributed by atoms with Crippen LogP contribution in [-0.4, -0.2) is 24.5 Å². The lowest BCUT2D eigenvalue weighted by Gasteiger charge is -2.06. The third-order valence-corrected chi connectivity index (χ3v) is 3.99. The quantitative estimate of drug-likeness (QED) is 0.647. The summed E-state index contributed by atoms with van der Waals surface area (Å²) in [5.41, 5.74) is 0.916. The number of urea groups is 1. The maximum atomic E-state index is 12.2. The Morgan fingerprint density at radius 2 is 2.00 bits per heavy atom. The van der Waals surface area contributed by atoms with E-state index in [4.69, 9.17) is 25.2 Å². The van der Waals surface area contributed by atoms with Crippen LogP contribution in [0.25, 0.3) is 11.0 Å². The number of rotatable bonds is 5. The Balaban J connectivity index is 1.53. The first-order valence-corrected chi connectivity index (χ1v) is 8.28. The number of hydrogen-bond acceptors (Lipinski definition) is 6. The van der Waals surface area contributed by atoms with E-state index in [9.17, 15) is 14.4 Å². The molecule has 0 radical (unpaired) electrons. The number of imide groups is 1. The standard InChI is InChI=1S/C18H15ClN2O6/c1-10-12-5-2-6-13(19)16(12)27-15(10)17(23)26-9-14(22)21-18(24)20-8-11-4-3-7-25-11/h2-7H,8-9H2,1H3,(H2,20,21,22,24). The van der Waals surface area contributed by atoms with Gasteiger partial charge in [0.15, 0.2) is 12.2 Å². The van der Waals surface area contributed by atoms with E-state index in [1.54, 1.807) is 37.3 Å². The average Bonchev–Trinajstić information content (AvgIpc) is 3.27. The summed E-state index contributed by atoms with van der Waals surface area (Å²) in [6.45, 7) is 1.16. The van der Waals surface area contributed by atoms with Gasteiger partial charge in [0.1, 0.15) is 5.76 Å². The lowest BCUT2D eigenvalue weighted by atomic mass is 10.1. The van der Waals surface area contributed by atoms with E-state index in [0.29, 0.717) is 27.3 Å². The molecule has 3 amide bonds. The number of furan rings is 2. The van der Waals surface area contributed by atoms with Crippen molar-refractivity contribution in [1.82, 2.24) is 10.6 Å². The lowest BCUT2D eigenvalue weighted by Crippen LogP contribution is -2.41. The van der Waals surface area contributed by atoms with Crippen molar-refractivity contribution in [2.24, 2.45) is 0 Å². The van der Waals surface area contributed by atoms with Crippen molar-refractivity contribution in [2.45, 2.75) is 13.5 Å². The number of benzene rings is 1. The molecule has 3 rings (SSSR count). The van der Waals surface area contributed by atoms with Gasteiger partial charge in [-0.15, -0.1) is 0 Å². The van der Waals surface area contributed by atoms with Gasteiger partial charge in [-0.1, -0.05) is 23.7 Å². The van der Waals surface area contributed by atoms with Gasteiger partial charge in [-0.3, -0.25) is 10.1 Å². The van der Waals surface area contributed by atoms with Crippen LogP contribution < -0.4 is 10.6 Å². The first-order chi connectivity index (χ1) is 13.0. The summed E-state index contributed by atoms with van der Waals surface area (Å²) in [5.74, 6) is -1.13. The van der Waals surface area contributed by atoms with Crippen LogP contribution in [0.15, 0.2) is 45.4 Å². The summed E-state index contributed by atoms with van der Waals surface area (Å²) in [6, 6.07) is 7.73. The summed E-state index contributed by atoms with van der Waals surface area (Å²) in [4.78, 5) is 35.5. The molecule has 0 saturated heterocycles. The van der Waals surface area contributed by atoms with Gasteiger partial charge in [0.2, 0.25) is 5.76 Å². The third kappa shape index (κ3) is 4.29. The van der Waals surface area contributed by atoms with E-state index < -0.39 is 24.5 Å². The van der Waals surface area contributed by atoms with Crippen LogP contribution in [0.3, 0.4) is 0 Å². The Hall–Kier alpha value is -3.26. The molecule has 0 unspecified atom stereocenters. The van der Waals surface area contributed by atoms with E-state index >= 15 is 0 Å². The Labute approximate surface area is 158 Å². The molecule has 0 saturated carbocycles. The molecule has 0 aliphatic rings. The number of fused-ring (bicyclic) bond motifs is 1. The summed E-state index contributed by atoms with van der Waals surface area (Å²) >= 11 is 6.04. The van der Waals surface area contributed by atoms with Gasteiger partial charge >= 0.3 is 12.0 Å². The fourth-order valence-corrected chi connectivity index (χ4v) is 2.60. The predicted molar refractivity (Wildman–Crippen MR) is 95.3 cm³/mol. The van der Waals surface area contributed by atoms with Crippen molar-refractivity contribution in [2.75, 3.05) is 6.61 Å². The van der Waals surface area contributed by atoms with Crippen LogP contribution >= 0.6 is 11.6 Å². The molecule has 2 aromatic heterocycles. The largest absolute Gasteiger partial charge is 0.467 e. The molecule has 140 valence electrons. The van der Waals surface area contributed by atoms with E-state index in [-0.39, 0.29) is 12.3 Å². The molecule has 2 heterocycles. The number of hydrogen-bond donors (Lipinski definition) is 2. The minimum atomic E-state index is -0.828. The molecule has 0 spiro atoms. The van der Waals surface area contributed by atoms with Crippen LogP contribution in [0.1, 0.15) is 21.9 Å². The Morgan fingerprint density at radius 3 is 2.70 bits per heavy atom. The molecule has 0 atom stereocenters. The fourth-order valence-electron chi connectivity index (χ4n) is 2.39. The highest BCUT2D eigenvalue weighted by Crippen LogP contribution is 2.30. The molecule has 27 heavy (non-hydrogen) atoms. The van der Waals surface area contributed by atoms with Gasteiger partial charge in [-0.05, 0) is 25.1 Å². The number of esters is 1. The van der Waals surface area contributed by atoms with Crippen molar-refractivity contribution >= 4 is 40.5 Å². The number of para-hydroxylation sites is 1. The van der Waals surface area contributed by atoms with Gasteiger partial charge in [0.05, 0.1) is 17.8 Å². The topological polar surface area (TPSA) is 111 Å². The highest BCUT2D eigenvalue weighted by molar-refractivity contribution is 6.35. The van der Waals surface area contributed by atoms with Crippen LogP contribution in [-0.2, 0) is 16.1 Å². The van der Waals surface area contributed by atoms with Crippen molar-refractivity contribution in [1.29, 1.82) is 0 Å². The van der Waals surface area contributed by atoms with Crippen LogP contribution in [0, 0.1) is 6.92 Å². The van der Waals surface area contributed by atoms with E-state index in [2.05, 4.69) is 5.32 Å². The lowest BCUT2D eigenvalue weighted by molar-refractivity contribution is -0.123. The van der Waals surface area contributed by atoms with Crippen LogP contribution in [0.5, 0.6) is 0 Å². The fraction of sp³-hybridized carbons (Fsp3) is 0.167. The molecule has 2 N–H and O–H groups in total. The molecular formula is C18H15ClN2O6. The Kier molecular flexibility index (Phi) is 5.46. The third-order valence-electron chi connectivity index (χ3n) is 3.69. The zero-order valence-electron chi connectivity index (χ0n) is 14.2. The molecule has 1 aromatic carbocycles. The summed E-state index contributed by atoms with van der Waals surface area (Å²) in [5, 5.41) is 5.51. The van der Waals surface area contributed by atoms with Crippen molar-refractivity contribution < 1.29 is 28.0 Å². The Morgan fingerprint density at radius 1 is 1.19 bits per heavy atom. The first-order valence-electron chi connectivity index (χ1n) is 7.90. The number of aryl methyl sites for hydroxylation is 1. The summed E-state index contributed by atoms with van der Waals surface area (Å²) in [7, 11) is 0. The van der Waals surface area contributed by atoms with Crippen molar-refractivity contribution in [3.63, 3.8) is 0 Å². The number of amides is 3. The molecule has 0 fully saturated rings. The van der Waals surface area contributed by atoms with E-state index in [1.165, 1.54) is 6.26 Å². The van der Waals surface area contributed by atoms with Gasteiger partial charge in [-0.25, -0.2) is 9.59 Å². The zero-order valence-corrected chi connectivity index (χ0v) is 15.0. The summed E-state index contributed by atoms with van der Waals surface area (Å²) < 4.78 is 15.4. The highest BCUT2D eigenvalue weighted by Gasteiger charge is 2.21. The maximum absolute atomic E-state index is 12.2. The number of carbonyl (C=O) groups is 3. The highest BCUT2D eigenvalue weighted by atomic mass is 35.5. The molecule has 3 aromatic rings. The second-order valence-corrected chi connectivity index (χ2v) is 5.97. The zero-order chi connectivity index (χ0) is 19.4. The molecule has 8 nitrogen and oxygen atoms in total. The molecule has 0 bridgehead atoms. The first kappa shape index (κ1) is 18.5. The number of carbonyl (C=O) groups excluding carboxylic acids is 3. The SMILES string of the molecule is Cc1c(C(=O)OCC(=O)NC(=O)NCc2ccco2)oc2c(Cl)cccc12. The van der Waals surface area contributed by atoms with Gasteiger partial charge < -0.3 is 18.9 Å². The van der Waals surface area contributed by atoms with Gasteiger partial charge in [-0.2, -0.15) is 0 Å². The van der Waals surface area contributed by atoms with Gasteiger partial charge in [0.25, 0.3) is 5.91 Å². The summed E-state index contributed by atoms with van der Waals surface area (Å²) in [6.07, 6.45) is 1.47. The minimum Gasteiger partial charge on any atom is -0.467 e.